The first kappa shape index (κ1) is 13.9. The van der Waals surface area contributed by atoms with Crippen molar-refractivity contribution in [1.82, 2.24) is 9.97 Å². The number of aryl methyl sites for hydroxylation is 1. The van der Waals surface area contributed by atoms with Crippen molar-refractivity contribution in [2.45, 2.75) is 26.7 Å². The number of halogens is 2. The van der Waals surface area contributed by atoms with Gasteiger partial charge in [0.25, 0.3) is 5.56 Å². The van der Waals surface area contributed by atoms with Crippen LogP contribution < -0.4 is 5.56 Å². The lowest BCUT2D eigenvalue weighted by atomic mass is 10.0. The first-order chi connectivity index (χ1) is 8.90. The average Bonchev–Trinajstić information content (AvgIpc) is 2.31. The molecule has 100 valence electrons. The summed E-state index contributed by atoms with van der Waals surface area (Å²) in [5, 5.41) is 0. The van der Waals surface area contributed by atoms with Crippen molar-refractivity contribution in [1.29, 1.82) is 0 Å². The molecular formula is C14H14BrFN2O. The molecule has 0 fully saturated rings. The fourth-order valence-electron chi connectivity index (χ4n) is 2.06. The smallest absolute Gasteiger partial charge is 0.254 e. The minimum Gasteiger partial charge on any atom is -0.306 e. The van der Waals surface area contributed by atoms with Crippen LogP contribution in [-0.2, 0) is 0 Å². The highest BCUT2D eigenvalue weighted by Gasteiger charge is 2.13. The second-order valence-electron chi connectivity index (χ2n) is 4.70. The predicted molar refractivity (Wildman–Crippen MR) is 76.8 cm³/mol. The predicted octanol–water partition coefficient (Wildman–Crippen LogP) is 3.77. The molecule has 2 rings (SSSR count). The summed E-state index contributed by atoms with van der Waals surface area (Å²) in [5.74, 6) is 0.222. The van der Waals surface area contributed by atoms with E-state index < -0.39 is 0 Å². The number of rotatable bonds is 2. The minimum atomic E-state index is -0.346. The highest BCUT2D eigenvalue weighted by Crippen LogP contribution is 2.23. The molecule has 3 nitrogen and oxygen atoms in total. The van der Waals surface area contributed by atoms with E-state index in [4.69, 9.17) is 0 Å². The number of aromatic nitrogens is 2. The van der Waals surface area contributed by atoms with Crippen molar-refractivity contribution in [2.24, 2.45) is 0 Å². The Morgan fingerprint density at radius 1 is 1.37 bits per heavy atom. The summed E-state index contributed by atoms with van der Waals surface area (Å²) in [4.78, 5) is 19.2. The molecule has 0 radical (unpaired) electrons. The zero-order chi connectivity index (χ0) is 14.2. The average molecular weight is 325 g/mol. The fourth-order valence-corrected chi connectivity index (χ4v) is 2.43. The molecule has 0 saturated carbocycles. The second kappa shape index (κ2) is 5.25. The van der Waals surface area contributed by atoms with Gasteiger partial charge in [0.2, 0.25) is 0 Å². The first-order valence-corrected chi connectivity index (χ1v) is 6.75. The highest BCUT2D eigenvalue weighted by atomic mass is 79.9. The van der Waals surface area contributed by atoms with Crippen LogP contribution in [0.5, 0.6) is 0 Å². The van der Waals surface area contributed by atoms with Gasteiger partial charge in [-0.25, -0.2) is 9.37 Å². The number of benzene rings is 1. The molecule has 1 aromatic carbocycles. The van der Waals surface area contributed by atoms with Crippen molar-refractivity contribution in [3.8, 4) is 11.4 Å². The van der Waals surface area contributed by atoms with Gasteiger partial charge < -0.3 is 4.98 Å². The van der Waals surface area contributed by atoms with Gasteiger partial charge in [0, 0.05) is 16.8 Å². The van der Waals surface area contributed by atoms with Crippen molar-refractivity contribution < 1.29 is 4.39 Å². The topological polar surface area (TPSA) is 45.8 Å². The Morgan fingerprint density at radius 2 is 2.05 bits per heavy atom. The van der Waals surface area contributed by atoms with Crippen LogP contribution in [0.2, 0.25) is 0 Å². The normalized spacial score (nSPS) is 11.1. The summed E-state index contributed by atoms with van der Waals surface area (Å²) in [6.45, 7) is 5.72. The number of H-pyrrole nitrogens is 1. The highest BCUT2D eigenvalue weighted by molar-refractivity contribution is 9.10. The third kappa shape index (κ3) is 2.76. The third-order valence-electron chi connectivity index (χ3n) is 2.92. The Kier molecular flexibility index (Phi) is 3.85. The molecule has 0 spiro atoms. The summed E-state index contributed by atoms with van der Waals surface area (Å²) in [5.41, 5.74) is 1.92. The van der Waals surface area contributed by atoms with Crippen LogP contribution in [0.1, 0.15) is 31.0 Å². The molecule has 2 aromatic rings. The van der Waals surface area contributed by atoms with E-state index in [1.807, 2.05) is 20.8 Å². The SMILES string of the molecule is Cc1nc(-c2ccc(F)c(Br)c2)[nH]c(=O)c1C(C)C. The maximum Gasteiger partial charge on any atom is 0.254 e. The molecule has 1 heterocycles. The molecular weight excluding hydrogens is 311 g/mol. The lowest BCUT2D eigenvalue weighted by Gasteiger charge is -2.10. The van der Waals surface area contributed by atoms with Crippen LogP contribution >= 0.6 is 15.9 Å². The van der Waals surface area contributed by atoms with Gasteiger partial charge in [0.1, 0.15) is 11.6 Å². The molecule has 0 amide bonds. The summed E-state index contributed by atoms with van der Waals surface area (Å²) in [7, 11) is 0. The minimum absolute atomic E-state index is 0.116. The maximum atomic E-state index is 13.2. The number of hydrogen-bond donors (Lipinski definition) is 1. The summed E-state index contributed by atoms with van der Waals surface area (Å²) in [6.07, 6.45) is 0. The summed E-state index contributed by atoms with van der Waals surface area (Å²) >= 11 is 3.12. The molecule has 0 aliphatic carbocycles. The Labute approximate surface area is 119 Å². The van der Waals surface area contributed by atoms with Crippen molar-refractivity contribution >= 4 is 15.9 Å². The van der Waals surface area contributed by atoms with E-state index in [2.05, 4.69) is 25.9 Å². The molecule has 0 bridgehead atoms. The Balaban J connectivity index is 2.58. The van der Waals surface area contributed by atoms with E-state index in [1.54, 1.807) is 12.1 Å². The van der Waals surface area contributed by atoms with Gasteiger partial charge in [0.15, 0.2) is 0 Å². The van der Waals surface area contributed by atoms with E-state index >= 15 is 0 Å². The van der Waals surface area contributed by atoms with E-state index in [0.29, 0.717) is 27.1 Å². The number of nitrogens with one attached hydrogen (secondary N) is 1. The zero-order valence-corrected chi connectivity index (χ0v) is 12.5. The van der Waals surface area contributed by atoms with Gasteiger partial charge in [-0.15, -0.1) is 0 Å². The summed E-state index contributed by atoms with van der Waals surface area (Å²) < 4.78 is 13.5. The van der Waals surface area contributed by atoms with Gasteiger partial charge in [-0.2, -0.15) is 0 Å². The van der Waals surface area contributed by atoms with E-state index in [1.165, 1.54) is 6.07 Å². The molecule has 1 N–H and O–H groups in total. The second-order valence-corrected chi connectivity index (χ2v) is 5.55. The van der Waals surface area contributed by atoms with Crippen LogP contribution in [0.3, 0.4) is 0 Å². The molecule has 0 saturated heterocycles. The quantitative estimate of drug-likeness (QED) is 0.913. The standard InChI is InChI=1S/C14H14BrFN2O/c1-7(2)12-8(3)17-13(18-14(12)19)9-4-5-11(16)10(15)6-9/h4-7H,1-3H3,(H,17,18,19). The Morgan fingerprint density at radius 3 is 2.58 bits per heavy atom. The Bertz CT molecular complexity index is 680. The monoisotopic (exact) mass is 324 g/mol. The van der Waals surface area contributed by atoms with Crippen LogP contribution in [0, 0.1) is 12.7 Å². The number of aromatic amines is 1. The molecule has 1 aromatic heterocycles. The van der Waals surface area contributed by atoms with Gasteiger partial charge in [-0.05, 0) is 47.0 Å². The molecule has 0 atom stereocenters. The van der Waals surface area contributed by atoms with E-state index in [9.17, 15) is 9.18 Å². The molecule has 5 heteroatoms. The van der Waals surface area contributed by atoms with Crippen molar-refractivity contribution in [3.05, 3.63) is 50.1 Å². The van der Waals surface area contributed by atoms with Crippen molar-refractivity contribution in [2.75, 3.05) is 0 Å². The third-order valence-corrected chi connectivity index (χ3v) is 3.52. The lowest BCUT2D eigenvalue weighted by Crippen LogP contribution is -2.18. The number of hydrogen-bond acceptors (Lipinski definition) is 2. The zero-order valence-electron chi connectivity index (χ0n) is 10.9. The van der Waals surface area contributed by atoms with Crippen LogP contribution in [0.15, 0.2) is 27.5 Å². The van der Waals surface area contributed by atoms with E-state index in [0.717, 1.165) is 0 Å². The van der Waals surface area contributed by atoms with Crippen LogP contribution in [0.25, 0.3) is 11.4 Å². The molecule has 0 aliphatic rings. The fraction of sp³-hybridized carbons (Fsp3) is 0.286. The Hall–Kier alpha value is -1.49. The maximum absolute atomic E-state index is 13.2. The molecule has 0 unspecified atom stereocenters. The first-order valence-electron chi connectivity index (χ1n) is 5.96. The van der Waals surface area contributed by atoms with Crippen molar-refractivity contribution in [3.63, 3.8) is 0 Å². The molecule has 0 aliphatic heterocycles. The molecule has 19 heavy (non-hydrogen) atoms. The largest absolute Gasteiger partial charge is 0.306 e. The lowest BCUT2D eigenvalue weighted by molar-refractivity contribution is 0.621. The van der Waals surface area contributed by atoms with Gasteiger partial charge >= 0.3 is 0 Å². The number of nitrogens with zero attached hydrogens (tertiary/aromatic N) is 1. The van der Waals surface area contributed by atoms with Gasteiger partial charge in [0.05, 0.1) is 4.47 Å². The van der Waals surface area contributed by atoms with Gasteiger partial charge in [-0.3, -0.25) is 4.79 Å². The van der Waals surface area contributed by atoms with E-state index in [-0.39, 0.29) is 17.3 Å². The van der Waals surface area contributed by atoms with Gasteiger partial charge in [-0.1, -0.05) is 13.8 Å². The summed E-state index contributed by atoms with van der Waals surface area (Å²) in [6, 6.07) is 4.53. The van der Waals surface area contributed by atoms with Crippen LogP contribution in [0.4, 0.5) is 4.39 Å². The van der Waals surface area contributed by atoms with Crippen LogP contribution in [-0.4, -0.2) is 9.97 Å².